The summed E-state index contributed by atoms with van der Waals surface area (Å²) in [7, 11) is 1.65. The second-order valence-electron chi connectivity index (χ2n) is 8.21. The molecule has 7 nitrogen and oxygen atoms in total. The van der Waals surface area contributed by atoms with E-state index < -0.39 is 6.10 Å². The van der Waals surface area contributed by atoms with E-state index >= 15 is 0 Å². The largest absolute Gasteiger partial charge is 0.411 e. The zero-order valence-corrected chi connectivity index (χ0v) is 19.0. The van der Waals surface area contributed by atoms with E-state index in [9.17, 15) is 19.9 Å². The highest BCUT2D eigenvalue weighted by atomic mass is 16.4. The molecule has 0 aliphatic carbocycles. The third-order valence-corrected chi connectivity index (χ3v) is 5.63. The lowest BCUT2D eigenvalue weighted by Gasteiger charge is -2.21. The van der Waals surface area contributed by atoms with Crippen LogP contribution in [0, 0.1) is 6.92 Å². The Kier molecular flexibility index (Phi) is 7.79. The summed E-state index contributed by atoms with van der Waals surface area (Å²) >= 11 is 0. The number of aliphatic hydroxyl groups excluding tert-OH is 1. The molecule has 7 heteroatoms. The Morgan fingerprint density at radius 2 is 1.73 bits per heavy atom. The average molecular weight is 448 g/mol. The smallest absolute Gasteiger partial charge is 0.251 e. The van der Waals surface area contributed by atoms with Crippen LogP contribution in [-0.4, -0.2) is 39.1 Å². The van der Waals surface area contributed by atoms with Crippen LogP contribution in [0.3, 0.4) is 0 Å². The summed E-state index contributed by atoms with van der Waals surface area (Å²) in [6, 6.07) is 18.4. The van der Waals surface area contributed by atoms with E-state index in [0.29, 0.717) is 23.3 Å². The number of benzene rings is 2. The van der Waals surface area contributed by atoms with Crippen LogP contribution in [0.2, 0.25) is 0 Å². The lowest BCUT2D eigenvalue weighted by Crippen LogP contribution is -2.30. The zero-order chi connectivity index (χ0) is 24.0. The van der Waals surface area contributed by atoms with Crippen molar-refractivity contribution in [3.8, 4) is 0 Å². The molecule has 3 rings (SSSR count). The highest BCUT2D eigenvalue weighted by Gasteiger charge is 2.21. The number of carbonyl (C=O) groups excluding carboxylic acids is 1. The number of aryl methyl sites for hydroxylation is 2. The molecule has 0 aliphatic heterocycles. The fourth-order valence-corrected chi connectivity index (χ4v) is 3.77. The molecule has 0 saturated carbocycles. The van der Waals surface area contributed by atoms with Gasteiger partial charge < -0.3 is 20.2 Å². The Labute approximate surface area is 193 Å². The van der Waals surface area contributed by atoms with E-state index in [1.807, 2.05) is 43.3 Å². The van der Waals surface area contributed by atoms with E-state index in [1.165, 1.54) is 10.6 Å². The number of nitrogens with zero attached hydrogens (tertiary/aromatic N) is 2. The van der Waals surface area contributed by atoms with Crippen molar-refractivity contribution in [1.29, 1.82) is 0 Å². The standard InChI is InChI=1S/C26H29N3O4/c1-17-6-4-5-7-22(17)23(14-24(28-33)21-12-13-25(31)29(3)16-21)19-8-10-20(11-9-19)26(32)27-15-18(2)30/h4-13,16,18,23,30,33H,14-15H2,1-3H3,(H,27,32)/b28-24-/t18-,23?/m0/s1. The summed E-state index contributed by atoms with van der Waals surface area (Å²) in [5, 5.41) is 25.4. The SMILES string of the molecule is Cc1ccccc1C(C/C(=N/O)c1ccc(=O)n(C)c1)c1ccc(C(=O)NC[C@H](C)O)cc1. The molecule has 2 atom stereocenters. The highest BCUT2D eigenvalue weighted by molar-refractivity contribution is 6.00. The molecule has 0 saturated heterocycles. The van der Waals surface area contributed by atoms with Crippen molar-refractivity contribution in [2.45, 2.75) is 32.3 Å². The van der Waals surface area contributed by atoms with Crippen LogP contribution in [-0.2, 0) is 7.05 Å². The van der Waals surface area contributed by atoms with E-state index in [2.05, 4.69) is 10.5 Å². The number of hydrogen-bond donors (Lipinski definition) is 3. The van der Waals surface area contributed by atoms with Gasteiger partial charge in [0.05, 0.1) is 11.8 Å². The van der Waals surface area contributed by atoms with Gasteiger partial charge in [-0.15, -0.1) is 0 Å². The van der Waals surface area contributed by atoms with Crippen molar-refractivity contribution in [1.82, 2.24) is 9.88 Å². The lowest BCUT2D eigenvalue weighted by molar-refractivity contribution is 0.0924. The van der Waals surface area contributed by atoms with E-state index in [4.69, 9.17) is 0 Å². The normalized spacial score (nSPS) is 13.4. The van der Waals surface area contributed by atoms with Crippen molar-refractivity contribution < 1.29 is 15.1 Å². The average Bonchev–Trinajstić information content (AvgIpc) is 2.81. The van der Waals surface area contributed by atoms with Crippen molar-refractivity contribution in [2.24, 2.45) is 12.2 Å². The molecule has 0 radical (unpaired) electrons. The first kappa shape index (κ1) is 23.9. The van der Waals surface area contributed by atoms with Gasteiger partial charge >= 0.3 is 0 Å². The van der Waals surface area contributed by atoms with Crippen LogP contribution in [0.25, 0.3) is 0 Å². The maximum Gasteiger partial charge on any atom is 0.251 e. The summed E-state index contributed by atoms with van der Waals surface area (Å²) in [6.45, 7) is 3.82. The molecule has 0 spiro atoms. The molecular formula is C26H29N3O4. The van der Waals surface area contributed by atoms with Gasteiger partial charge in [-0.25, -0.2) is 0 Å². The fraction of sp³-hybridized carbons (Fsp3) is 0.269. The van der Waals surface area contributed by atoms with Gasteiger partial charge in [-0.2, -0.15) is 0 Å². The Morgan fingerprint density at radius 1 is 1.06 bits per heavy atom. The number of rotatable bonds is 8. The molecule has 0 fully saturated rings. The summed E-state index contributed by atoms with van der Waals surface area (Å²) in [5.41, 5.74) is 4.61. The first-order valence-corrected chi connectivity index (χ1v) is 10.8. The van der Waals surface area contributed by atoms with Crippen LogP contribution in [0.15, 0.2) is 76.8 Å². The van der Waals surface area contributed by atoms with Gasteiger partial charge in [-0.1, -0.05) is 41.6 Å². The molecule has 3 N–H and O–H groups in total. The minimum absolute atomic E-state index is 0.135. The Bertz CT molecular complexity index is 1200. The van der Waals surface area contributed by atoms with Crippen LogP contribution >= 0.6 is 0 Å². The molecule has 1 heterocycles. The molecule has 0 bridgehead atoms. The maximum atomic E-state index is 12.3. The molecule has 172 valence electrons. The Balaban J connectivity index is 1.95. The molecule has 3 aromatic rings. The van der Waals surface area contributed by atoms with Crippen molar-refractivity contribution >= 4 is 11.6 Å². The van der Waals surface area contributed by atoms with E-state index in [0.717, 1.165) is 16.7 Å². The number of aromatic nitrogens is 1. The summed E-state index contributed by atoms with van der Waals surface area (Å²) in [5.74, 6) is -0.387. The monoisotopic (exact) mass is 447 g/mol. The third-order valence-electron chi connectivity index (χ3n) is 5.63. The second kappa shape index (κ2) is 10.7. The number of amides is 1. The summed E-state index contributed by atoms with van der Waals surface area (Å²) < 4.78 is 1.45. The van der Waals surface area contributed by atoms with Crippen molar-refractivity contribution in [2.75, 3.05) is 6.54 Å². The molecular weight excluding hydrogens is 418 g/mol. The molecule has 1 aromatic heterocycles. The fourth-order valence-electron chi connectivity index (χ4n) is 3.77. The van der Waals surface area contributed by atoms with Gasteiger partial charge in [0, 0.05) is 49.3 Å². The minimum Gasteiger partial charge on any atom is -0.411 e. The molecule has 1 unspecified atom stereocenters. The summed E-state index contributed by atoms with van der Waals surface area (Å²) in [4.78, 5) is 24.1. The first-order chi connectivity index (χ1) is 15.8. The maximum absolute atomic E-state index is 12.3. The van der Waals surface area contributed by atoms with E-state index in [1.54, 1.807) is 38.4 Å². The zero-order valence-electron chi connectivity index (χ0n) is 19.0. The molecule has 0 aliphatic rings. The lowest BCUT2D eigenvalue weighted by atomic mass is 9.83. The number of pyridine rings is 1. The highest BCUT2D eigenvalue weighted by Crippen LogP contribution is 2.32. The number of carbonyl (C=O) groups is 1. The van der Waals surface area contributed by atoms with Crippen LogP contribution in [0.1, 0.15) is 51.9 Å². The number of hydrogen-bond acceptors (Lipinski definition) is 5. The predicted molar refractivity (Wildman–Crippen MR) is 128 cm³/mol. The van der Waals surface area contributed by atoms with Crippen LogP contribution in [0.5, 0.6) is 0 Å². The Morgan fingerprint density at radius 3 is 2.33 bits per heavy atom. The van der Waals surface area contributed by atoms with E-state index in [-0.39, 0.29) is 23.9 Å². The number of aliphatic hydroxyl groups is 1. The van der Waals surface area contributed by atoms with Crippen LogP contribution < -0.4 is 10.9 Å². The topological polar surface area (TPSA) is 104 Å². The predicted octanol–water partition coefficient (Wildman–Crippen LogP) is 3.20. The van der Waals surface area contributed by atoms with Gasteiger partial charge in [0.15, 0.2) is 0 Å². The van der Waals surface area contributed by atoms with Gasteiger partial charge in [0.25, 0.3) is 5.91 Å². The number of nitrogens with one attached hydrogen (secondary N) is 1. The van der Waals surface area contributed by atoms with Gasteiger partial charge in [0.2, 0.25) is 5.56 Å². The number of oxime groups is 1. The third kappa shape index (κ3) is 5.96. The van der Waals surface area contributed by atoms with Gasteiger partial charge in [-0.05, 0) is 48.7 Å². The van der Waals surface area contributed by atoms with Crippen molar-refractivity contribution in [3.63, 3.8) is 0 Å². The molecule has 33 heavy (non-hydrogen) atoms. The second-order valence-corrected chi connectivity index (χ2v) is 8.21. The quantitative estimate of drug-likeness (QED) is 0.280. The molecule has 2 aromatic carbocycles. The van der Waals surface area contributed by atoms with Gasteiger partial charge in [0.1, 0.15) is 0 Å². The van der Waals surface area contributed by atoms with Crippen molar-refractivity contribution in [3.05, 3.63) is 105 Å². The molecule has 1 amide bonds. The summed E-state index contributed by atoms with van der Waals surface area (Å²) in [6.07, 6.45) is 1.43. The van der Waals surface area contributed by atoms with Gasteiger partial charge in [-0.3, -0.25) is 9.59 Å². The van der Waals surface area contributed by atoms with Crippen LogP contribution in [0.4, 0.5) is 0 Å². The Hall–Kier alpha value is -3.71. The minimum atomic E-state index is -0.618. The first-order valence-electron chi connectivity index (χ1n) is 10.8.